The molecule has 0 saturated heterocycles. The molecule has 0 aliphatic carbocycles. The van der Waals surface area contributed by atoms with Crippen LogP contribution in [0.4, 0.5) is 0 Å². The predicted molar refractivity (Wildman–Crippen MR) is 93.6 cm³/mol. The van der Waals surface area contributed by atoms with E-state index in [0.717, 1.165) is 43.8 Å². The highest BCUT2D eigenvalue weighted by Gasteiger charge is 2.03. The molecule has 0 atom stereocenters. The average Bonchev–Trinajstić information content (AvgIpc) is 2.49. The summed E-state index contributed by atoms with van der Waals surface area (Å²) < 4.78 is 6.93. The molecular formula is C17H29BrN2O. The molecule has 0 aromatic heterocycles. The summed E-state index contributed by atoms with van der Waals surface area (Å²) in [5.41, 5.74) is 2.52. The minimum absolute atomic E-state index is 0.671. The Balaban J connectivity index is 2.35. The molecule has 1 aromatic carbocycles. The third-order valence-electron chi connectivity index (χ3n) is 3.58. The minimum Gasteiger partial charge on any atom is -0.375 e. The number of nitrogens with zero attached hydrogens (tertiary/aromatic N) is 1. The van der Waals surface area contributed by atoms with E-state index >= 15 is 0 Å². The van der Waals surface area contributed by atoms with Gasteiger partial charge in [-0.05, 0) is 43.2 Å². The van der Waals surface area contributed by atoms with Gasteiger partial charge in [0.25, 0.3) is 0 Å². The molecule has 0 amide bonds. The highest BCUT2D eigenvalue weighted by atomic mass is 79.9. The number of nitrogens with one attached hydrogen (secondary N) is 1. The molecule has 0 bridgehead atoms. The zero-order chi connectivity index (χ0) is 15.5. The SMILES string of the molecule is CCCNCc1ccc(COCCN(CC)CC)c(Br)c1. The molecule has 0 heterocycles. The number of hydrogen-bond acceptors (Lipinski definition) is 3. The molecule has 0 saturated carbocycles. The first-order valence-electron chi connectivity index (χ1n) is 7.99. The molecule has 120 valence electrons. The van der Waals surface area contributed by atoms with Crippen molar-refractivity contribution < 1.29 is 4.74 Å². The number of ether oxygens (including phenoxy) is 1. The van der Waals surface area contributed by atoms with Crippen LogP contribution in [0.2, 0.25) is 0 Å². The summed E-state index contributed by atoms with van der Waals surface area (Å²) in [6.07, 6.45) is 1.17. The first-order chi connectivity index (χ1) is 10.2. The lowest BCUT2D eigenvalue weighted by molar-refractivity contribution is 0.0953. The van der Waals surface area contributed by atoms with Crippen LogP contribution in [-0.2, 0) is 17.9 Å². The number of halogens is 1. The van der Waals surface area contributed by atoms with Crippen molar-refractivity contribution in [3.8, 4) is 0 Å². The lowest BCUT2D eigenvalue weighted by Gasteiger charge is -2.17. The highest BCUT2D eigenvalue weighted by Crippen LogP contribution is 2.19. The van der Waals surface area contributed by atoms with Gasteiger partial charge in [-0.25, -0.2) is 0 Å². The van der Waals surface area contributed by atoms with Crippen LogP contribution in [0.1, 0.15) is 38.3 Å². The van der Waals surface area contributed by atoms with Gasteiger partial charge in [0.05, 0.1) is 13.2 Å². The maximum absolute atomic E-state index is 5.79. The molecular weight excluding hydrogens is 328 g/mol. The Bertz CT molecular complexity index is 394. The largest absolute Gasteiger partial charge is 0.375 e. The van der Waals surface area contributed by atoms with Crippen molar-refractivity contribution in [2.24, 2.45) is 0 Å². The van der Waals surface area contributed by atoms with Gasteiger partial charge in [0.2, 0.25) is 0 Å². The number of likely N-dealkylation sites (N-methyl/N-ethyl adjacent to an activating group) is 1. The van der Waals surface area contributed by atoms with Crippen LogP contribution in [0, 0.1) is 0 Å². The highest BCUT2D eigenvalue weighted by molar-refractivity contribution is 9.10. The van der Waals surface area contributed by atoms with Crippen LogP contribution in [0.5, 0.6) is 0 Å². The van der Waals surface area contributed by atoms with Gasteiger partial charge in [-0.2, -0.15) is 0 Å². The second kappa shape index (κ2) is 11.2. The molecule has 0 aliphatic rings. The van der Waals surface area contributed by atoms with Crippen LogP contribution in [0.25, 0.3) is 0 Å². The Hall–Kier alpha value is -0.420. The Morgan fingerprint density at radius 2 is 1.95 bits per heavy atom. The van der Waals surface area contributed by atoms with Gasteiger partial charge in [0.15, 0.2) is 0 Å². The standard InChI is InChI=1S/C17H29BrN2O/c1-4-9-19-13-15-7-8-16(17(18)12-15)14-21-11-10-20(5-2)6-3/h7-8,12,19H,4-6,9-11,13-14H2,1-3H3. The lowest BCUT2D eigenvalue weighted by atomic mass is 10.1. The van der Waals surface area contributed by atoms with Gasteiger partial charge in [-0.3, -0.25) is 0 Å². The minimum atomic E-state index is 0.671. The Morgan fingerprint density at radius 3 is 2.57 bits per heavy atom. The van der Waals surface area contributed by atoms with Crippen LogP contribution in [-0.4, -0.2) is 37.7 Å². The number of rotatable bonds is 11. The molecule has 3 nitrogen and oxygen atoms in total. The fourth-order valence-electron chi connectivity index (χ4n) is 2.14. The Morgan fingerprint density at radius 1 is 1.19 bits per heavy atom. The van der Waals surface area contributed by atoms with Crippen molar-refractivity contribution in [3.63, 3.8) is 0 Å². The summed E-state index contributed by atoms with van der Waals surface area (Å²) >= 11 is 3.65. The van der Waals surface area contributed by atoms with E-state index < -0.39 is 0 Å². The Labute approximate surface area is 138 Å². The quantitative estimate of drug-likeness (QED) is 0.610. The molecule has 1 rings (SSSR count). The molecule has 21 heavy (non-hydrogen) atoms. The third-order valence-corrected chi connectivity index (χ3v) is 4.32. The summed E-state index contributed by atoms with van der Waals surface area (Å²) in [7, 11) is 0. The maximum Gasteiger partial charge on any atom is 0.0728 e. The summed E-state index contributed by atoms with van der Waals surface area (Å²) in [6, 6.07) is 6.52. The van der Waals surface area contributed by atoms with Gasteiger partial charge in [0, 0.05) is 17.6 Å². The molecule has 1 aromatic rings. The summed E-state index contributed by atoms with van der Waals surface area (Å²) in [5, 5.41) is 3.42. The first-order valence-corrected chi connectivity index (χ1v) is 8.78. The van der Waals surface area contributed by atoms with E-state index in [2.05, 4.69) is 65.1 Å². The van der Waals surface area contributed by atoms with Gasteiger partial charge < -0.3 is 15.0 Å². The van der Waals surface area contributed by atoms with E-state index in [9.17, 15) is 0 Å². The average molecular weight is 357 g/mol. The normalized spacial score (nSPS) is 11.3. The predicted octanol–water partition coefficient (Wildman–Crippen LogP) is 3.81. The fraction of sp³-hybridized carbons (Fsp3) is 0.647. The zero-order valence-corrected chi connectivity index (χ0v) is 15.2. The molecule has 4 heteroatoms. The fourth-order valence-corrected chi connectivity index (χ4v) is 2.68. The monoisotopic (exact) mass is 356 g/mol. The molecule has 0 radical (unpaired) electrons. The van der Waals surface area contributed by atoms with Crippen molar-refractivity contribution in [2.75, 3.05) is 32.8 Å². The van der Waals surface area contributed by atoms with E-state index in [0.29, 0.717) is 6.61 Å². The van der Waals surface area contributed by atoms with Crippen molar-refractivity contribution in [3.05, 3.63) is 33.8 Å². The van der Waals surface area contributed by atoms with Crippen LogP contribution >= 0.6 is 15.9 Å². The van der Waals surface area contributed by atoms with E-state index in [1.165, 1.54) is 17.5 Å². The topological polar surface area (TPSA) is 24.5 Å². The van der Waals surface area contributed by atoms with E-state index in [1.807, 2.05) is 0 Å². The summed E-state index contributed by atoms with van der Waals surface area (Å²) in [5.74, 6) is 0. The van der Waals surface area contributed by atoms with E-state index in [-0.39, 0.29) is 0 Å². The van der Waals surface area contributed by atoms with Gasteiger partial charge in [-0.1, -0.05) is 48.8 Å². The van der Waals surface area contributed by atoms with Crippen molar-refractivity contribution in [1.82, 2.24) is 10.2 Å². The third kappa shape index (κ3) is 7.41. The van der Waals surface area contributed by atoms with Crippen LogP contribution < -0.4 is 5.32 Å². The second-order valence-electron chi connectivity index (χ2n) is 5.18. The number of hydrogen-bond donors (Lipinski definition) is 1. The van der Waals surface area contributed by atoms with Crippen LogP contribution in [0.3, 0.4) is 0 Å². The summed E-state index contributed by atoms with van der Waals surface area (Å²) in [4.78, 5) is 2.37. The van der Waals surface area contributed by atoms with Crippen molar-refractivity contribution in [1.29, 1.82) is 0 Å². The van der Waals surface area contributed by atoms with Gasteiger partial charge in [0.1, 0.15) is 0 Å². The summed E-state index contributed by atoms with van der Waals surface area (Å²) in [6.45, 7) is 13.2. The van der Waals surface area contributed by atoms with Crippen LogP contribution in [0.15, 0.2) is 22.7 Å². The first kappa shape index (κ1) is 18.6. The smallest absolute Gasteiger partial charge is 0.0728 e. The second-order valence-corrected chi connectivity index (χ2v) is 6.04. The Kier molecular flexibility index (Phi) is 9.92. The lowest BCUT2D eigenvalue weighted by Crippen LogP contribution is -2.27. The molecule has 0 spiro atoms. The number of benzene rings is 1. The molecule has 1 N–H and O–H groups in total. The van der Waals surface area contributed by atoms with E-state index in [1.54, 1.807) is 0 Å². The van der Waals surface area contributed by atoms with Crippen molar-refractivity contribution in [2.45, 2.75) is 40.3 Å². The maximum atomic E-state index is 5.79. The molecule has 0 aliphatic heterocycles. The van der Waals surface area contributed by atoms with E-state index in [4.69, 9.17) is 4.74 Å². The molecule has 0 unspecified atom stereocenters. The van der Waals surface area contributed by atoms with Gasteiger partial charge in [-0.15, -0.1) is 0 Å². The zero-order valence-electron chi connectivity index (χ0n) is 13.6. The van der Waals surface area contributed by atoms with Crippen molar-refractivity contribution >= 4 is 15.9 Å². The molecule has 0 fully saturated rings. The van der Waals surface area contributed by atoms with Gasteiger partial charge >= 0.3 is 0 Å².